The fraction of sp³-hybridized carbons (Fsp3) is 0.375. The molecule has 0 aliphatic carbocycles. The van der Waals surface area contributed by atoms with Crippen molar-refractivity contribution in [3.05, 3.63) is 75.8 Å². The highest BCUT2D eigenvalue weighted by atomic mass is 16.6. The number of aliphatic imine (C=N–C) groups is 1. The molecule has 0 spiro atoms. The molecular weight excluding hydrogens is 410 g/mol. The summed E-state index contributed by atoms with van der Waals surface area (Å²) in [4.78, 5) is 42.4. The maximum atomic E-state index is 13.0. The molecule has 32 heavy (non-hydrogen) atoms. The average molecular weight is 437 g/mol. The molecule has 3 rings (SSSR count). The first kappa shape index (κ1) is 23.1. The number of carbonyl (C=O) groups is 2. The van der Waals surface area contributed by atoms with E-state index < -0.39 is 28.9 Å². The molecule has 0 bridgehead atoms. The minimum Gasteiger partial charge on any atom is -0.462 e. The summed E-state index contributed by atoms with van der Waals surface area (Å²) < 4.78 is 5.46. The third-order valence-corrected chi connectivity index (χ3v) is 5.35. The van der Waals surface area contributed by atoms with E-state index in [2.05, 4.69) is 4.99 Å². The van der Waals surface area contributed by atoms with Crippen molar-refractivity contribution in [3.63, 3.8) is 0 Å². The van der Waals surface area contributed by atoms with Gasteiger partial charge < -0.3 is 9.64 Å². The summed E-state index contributed by atoms with van der Waals surface area (Å²) in [5.41, 5.74) is 1.89. The summed E-state index contributed by atoms with van der Waals surface area (Å²) in [5, 5.41) is 11.3. The zero-order valence-corrected chi connectivity index (χ0v) is 18.4. The highest BCUT2D eigenvalue weighted by Crippen LogP contribution is 2.36. The van der Waals surface area contributed by atoms with Gasteiger partial charge in [-0.25, -0.2) is 9.79 Å². The van der Waals surface area contributed by atoms with Crippen LogP contribution in [0.25, 0.3) is 0 Å². The van der Waals surface area contributed by atoms with Gasteiger partial charge in [-0.05, 0) is 44.7 Å². The zero-order chi connectivity index (χ0) is 23.3. The van der Waals surface area contributed by atoms with Gasteiger partial charge in [-0.15, -0.1) is 0 Å². The summed E-state index contributed by atoms with van der Waals surface area (Å²) >= 11 is 0. The van der Waals surface area contributed by atoms with Gasteiger partial charge in [0.05, 0.1) is 17.1 Å². The predicted octanol–water partition coefficient (Wildman–Crippen LogP) is 4.73. The van der Waals surface area contributed by atoms with Gasteiger partial charge in [-0.3, -0.25) is 14.9 Å². The maximum Gasteiger partial charge on any atom is 0.344 e. The van der Waals surface area contributed by atoms with Gasteiger partial charge in [-0.1, -0.05) is 42.5 Å². The molecule has 8 nitrogen and oxygen atoms in total. The zero-order valence-electron chi connectivity index (χ0n) is 18.4. The number of amides is 2. The van der Waals surface area contributed by atoms with Crippen molar-refractivity contribution in [3.8, 4) is 0 Å². The highest BCUT2D eigenvalue weighted by molar-refractivity contribution is 6.08. The molecule has 8 heteroatoms. The Kier molecular flexibility index (Phi) is 7.35. The second-order valence-electron chi connectivity index (χ2n) is 8.08. The van der Waals surface area contributed by atoms with Crippen LogP contribution in [0.1, 0.15) is 44.4 Å². The van der Waals surface area contributed by atoms with E-state index in [-0.39, 0.29) is 11.8 Å². The van der Waals surface area contributed by atoms with Crippen LogP contribution in [-0.4, -0.2) is 40.2 Å². The van der Waals surface area contributed by atoms with Gasteiger partial charge in [0.2, 0.25) is 0 Å². The van der Waals surface area contributed by atoms with Gasteiger partial charge in [0.25, 0.3) is 5.69 Å². The molecule has 0 fully saturated rings. The molecule has 2 aromatic rings. The molecule has 0 radical (unpaired) electrons. The Balaban J connectivity index is 1.96. The number of nitro benzene ring substituents is 1. The fourth-order valence-electron chi connectivity index (χ4n) is 3.94. The summed E-state index contributed by atoms with van der Waals surface area (Å²) in [5.74, 6) is -1.34. The first-order valence-electron chi connectivity index (χ1n) is 10.6. The number of ether oxygens (including phenoxy) is 1. The number of esters is 1. The lowest BCUT2D eigenvalue weighted by Crippen LogP contribution is -2.47. The number of rotatable bonds is 8. The second-order valence-corrected chi connectivity index (χ2v) is 8.08. The molecule has 1 aliphatic heterocycles. The van der Waals surface area contributed by atoms with Gasteiger partial charge >= 0.3 is 12.0 Å². The van der Waals surface area contributed by atoms with Crippen LogP contribution in [0.2, 0.25) is 0 Å². The van der Waals surface area contributed by atoms with Crippen LogP contribution < -0.4 is 0 Å². The number of carbonyl (C=O) groups excluding carboxylic acids is 2. The monoisotopic (exact) mass is 437 g/mol. The Labute approximate surface area is 187 Å². The molecule has 168 valence electrons. The van der Waals surface area contributed by atoms with Crippen LogP contribution in [0.15, 0.2) is 59.6 Å². The summed E-state index contributed by atoms with van der Waals surface area (Å²) in [6, 6.07) is 14.8. The van der Waals surface area contributed by atoms with Crippen molar-refractivity contribution in [1.29, 1.82) is 0 Å². The largest absolute Gasteiger partial charge is 0.462 e. The van der Waals surface area contributed by atoms with Crippen molar-refractivity contribution in [1.82, 2.24) is 4.90 Å². The highest BCUT2D eigenvalue weighted by Gasteiger charge is 2.43. The quantitative estimate of drug-likeness (QED) is 0.337. The number of non-ortho nitro benzene ring substituents is 1. The molecule has 0 aromatic heterocycles. The van der Waals surface area contributed by atoms with Crippen LogP contribution in [0.4, 0.5) is 10.5 Å². The summed E-state index contributed by atoms with van der Waals surface area (Å²) in [6.07, 6.45) is 1.06. The maximum absolute atomic E-state index is 13.0. The minimum absolute atomic E-state index is 0.102. The molecule has 2 aromatic carbocycles. The number of aryl methyl sites for hydroxylation is 1. The molecule has 2 atom stereocenters. The Hall–Kier alpha value is -3.55. The van der Waals surface area contributed by atoms with Crippen LogP contribution >= 0.6 is 0 Å². The number of hydrogen-bond acceptors (Lipinski definition) is 5. The molecule has 0 N–H and O–H groups in total. The van der Waals surface area contributed by atoms with Crippen LogP contribution in [0.5, 0.6) is 0 Å². The van der Waals surface area contributed by atoms with E-state index in [1.807, 2.05) is 30.3 Å². The minimum atomic E-state index is -0.839. The molecular formula is C24H27N3O5. The molecule has 0 saturated carbocycles. The lowest BCUT2D eigenvalue weighted by Gasteiger charge is -2.38. The number of benzene rings is 2. The number of nitro groups is 1. The Morgan fingerprint density at radius 1 is 1.19 bits per heavy atom. The van der Waals surface area contributed by atoms with E-state index >= 15 is 0 Å². The van der Waals surface area contributed by atoms with E-state index in [0.29, 0.717) is 24.2 Å². The molecule has 2 amide bonds. The van der Waals surface area contributed by atoms with Crippen molar-refractivity contribution in [2.24, 2.45) is 10.9 Å². The van der Waals surface area contributed by atoms with Crippen molar-refractivity contribution in [2.45, 2.75) is 45.8 Å². The van der Waals surface area contributed by atoms with Gasteiger partial charge in [0, 0.05) is 24.4 Å². The third-order valence-electron chi connectivity index (χ3n) is 5.35. The first-order chi connectivity index (χ1) is 15.3. The molecule has 1 heterocycles. The smallest absolute Gasteiger partial charge is 0.344 e. The SMILES string of the molecule is CC1=NC(=O)N(CCCc2ccccc2)C(c2cccc([N+](=O)[O-])c2)C1C(=O)OC(C)C. The van der Waals surface area contributed by atoms with Crippen LogP contribution in [0, 0.1) is 16.0 Å². The number of nitrogens with zero attached hydrogens (tertiary/aromatic N) is 3. The predicted molar refractivity (Wildman–Crippen MR) is 121 cm³/mol. The molecule has 2 unspecified atom stereocenters. The van der Waals surface area contributed by atoms with E-state index in [4.69, 9.17) is 4.74 Å². The van der Waals surface area contributed by atoms with Gasteiger partial charge in [0.15, 0.2) is 0 Å². The Morgan fingerprint density at radius 2 is 1.91 bits per heavy atom. The van der Waals surface area contributed by atoms with Crippen LogP contribution in [-0.2, 0) is 16.0 Å². The number of urea groups is 1. The normalized spacial score (nSPS) is 18.4. The summed E-state index contributed by atoms with van der Waals surface area (Å²) in [7, 11) is 0. The van der Waals surface area contributed by atoms with Crippen molar-refractivity contribution >= 4 is 23.4 Å². The summed E-state index contributed by atoms with van der Waals surface area (Å²) in [6.45, 7) is 5.47. The van der Waals surface area contributed by atoms with Gasteiger partial charge in [-0.2, -0.15) is 0 Å². The standard InChI is InChI=1S/C24H27N3O5/c1-16(2)32-23(28)21-17(3)25-24(29)26(14-8-11-18-9-5-4-6-10-18)22(21)19-12-7-13-20(15-19)27(30)31/h4-7,9-10,12-13,15-16,21-22H,8,11,14H2,1-3H3. The van der Waals surface area contributed by atoms with E-state index in [9.17, 15) is 19.7 Å². The second kappa shape index (κ2) is 10.2. The van der Waals surface area contributed by atoms with Gasteiger partial charge in [0.1, 0.15) is 5.92 Å². The lowest BCUT2D eigenvalue weighted by molar-refractivity contribution is -0.385. The number of hydrogen-bond donors (Lipinski definition) is 0. The van der Waals surface area contributed by atoms with Crippen molar-refractivity contribution in [2.75, 3.05) is 6.54 Å². The van der Waals surface area contributed by atoms with Crippen molar-refractivity contribution < 1.29 is 19.2 Å². The first-order valence-corrected chi connectivity index (χ1v) is 10.6. The fourth-order valence-corrected chi connectivity index (χ4v) is 3.94. The third kappa shape index (κ3) is 5.38. The van der Waals surface area contributed by atoms with Crippen LogP contribution in [0.3, 0.4) is 0 Å². The molecule has 0 saturated heterocycles. The topological polar surface area (TPSA) is 102 Å². The van der Waals surface area contributed by atoms with E-state index in [1.54, 1.807) is 32.9 Å². The van der Waals surface area contributed by atoms with E-state index in [1.165, 1.54) is 17.0 Å². The molecule has 1 aliphatic rings. The van der Waals surface area contributed by atoms with E-state index in [0.717, 1.165) is 12.0 Å². The average Bonchev–Trinajstić information content (AvgIpc) is 2.75. The lowest BCUT2D eigenvalue weighted by atomic mass is 9.86. The Morgan fingerprint density at radius 3 is 2.56 bits per heavy atom. The Bertz CT molecular complexity index is 1020.